The van der Waals surface area contributed by atoms with Crippen LogP contribution in [0.15, 0.2) is 0 Å². The van der Waals surface area contributed by atoms with E-state index in [9.17, 15) is 18.0 Å². The second-order valence-electron chi connectivity index (χ2n) is 4.10. The van der Waals surface area contributed by atoms with E-state index < -0.39 is 28.1 Å². The predicted molar refractivity (Wildman–Crippen MR) is 70.3 cm³/mol. The number of carbonyl (C=O) groups excluding carboxylic acids is 1. The first kappa shape index (κ1) is 17.6. The van der Waals surface area contributed by atoms with E-state index in [1.807, 2.05) is 6.92 Å². The van der Waals surface area contributed by atoms with E-state index in [0.717, 1.165) is 12.7 Å². The quantitative estimate of drug-likeness (QED) is 0.426. The summed E-state index contributed by atoms with van der Waals surface area (Å²) in [4.78, 5) is 22.3. The highest BCUT2D eigenvalue weighted by Crippen LogP contribution is 2.00. The van der Waals surface area contributed by atoms with Gasteiger partial charge in [0.1, 0.15) is 6.04 Å². The zero-order valence-corrected chi connectivity index (χ0v) is 11.9. The fourth-order valence-electron chi connectivity index (χ4n) is 1.29. The van der Waals surface area contributed by atoms with Crippen molar-refractivity contribution in [3.8, 4) is 0 Å². The molecule has 9 heteroatoms. The number of carboxylic acids is 1. The molecule has 0 aliphatic heterocycles. The molecule has 2 amide bonds. The molecule has 0 radical (unpaired) electrons. The number of carboxylic acid groups (broad SMARTS) is 1. The van der Waals surface area contributed by atoms with Crippen molar-refractivity contribution >= 4 is 22.0 Å². The average molecular weight is 295 g/mol. The number of unbranched alkanes of at least 4 members (excludes halogenated alkanes) is 1. The third kappa shape index (κ3) is 10.3. The Hall–Kier alpha value is -1.35. The van der Waals surface area contributed by atoms with E-state index >= 15 is 0 Å². The average Bonchev–Trinajstić information content (AvgIpc) is 2.28. The van der Waals surface area contributed by atoms with E-state index in [-0.39, 0.29) is 13.1 Å². The Kier molecular flexibility index (Phi) is 8.08. The first-order chi connectivity index (χ1) is 8.76. The van der Waals surface area contributed by atoms with Crippen LogP contribution in [0.4, 0.5) is 4.79 Å². The Morgan fingerprint density at radius 2 is 1.89 bits per heavy atom. The molecule has 0 aliphatic carbocycles. The van der Waals surface area contributed by atoms with Crippen molar-refractivity contribution in [2.45, 2.75) is 32.2 Å². The van der Waals surface area contributed by atoms with Crippen molar-refractivity contribution in [1.82, 2.24) is 15.4 Å². The molecular formula is C10H21N3O5S. The molecule has 0 aromatic rings. The van der Waals surface area contributed by atoms with Gasteiger partial charge in [-0.2, -0.15) is 0 Å². The van der Waals surface area contributed by atoms with Crippen LogP contribution in [0.5, 0.6) is 0 Å². The van der Waals surface area contributed by atoms with Gasteiger partial charge in [-0.1, -0.05) is 19.8 Å². The SMILES string of the molecule is CCCC[C@H](NC(=O)NCCNS(C)(=O)=O)C(=O)O. The lowest BCUT2D eigenvalue weighted by molar-refractivity contribution is -0.139. The van der Waals surface area contributed by atoms with E-state index in [4.69, 9.17) is 5.11 Å². The number of urea groups is 1. The summed E-state index contributed by atoms with van der Waals surface area (Å²) in [7, 11) is -3.29. The van der Waals surface area contributed by atoms with Gasteiger partial charge in [-0.25, -0.2) is 22.7 Å². The maximum Gasteiger partial charge on any atom is 0.326 e. The van der Waals surface area contributed by atoms with Crippen LogP contribution >= 0.6 is 0 Å². The van der Waals surface area contributed by atoms with Crippen molar-refractivity contribution < 1.29 is 23.1 Å². The maximum atomic E-state index is 11.4. The van der Waals surface area contributed by atoms with Gasteiger partial charge in [-0.05, 0) is 6.42 Å². The minimum Gasteiger partial charge on any atom is -0.480 e. The molecule has 1 atom stereocenters. The Labute approximate surface area is 113 Å². The minimum atomic E-state index is -3.29. The molecule has 4 N–H and O–H groups in total. The van der Waals surface area contributed by atoms with Gasteiger partial charge < -0.3 is 15.7 Å². The Bertz CT molecular complexity index is 396. The van der Waals surface area contributed by atoms with E-state index in [0.29, 0.717) is 12.8 Å². The van der Waals surface area contributed by atoms with Gasteiger partial charge in [0, 0.05) is 13.1 Å². The Morgan fingerprint density at radius 1 is 1.26 bits per heavy atom. The lowest BCUT2D eigenvalue weighted by Gasteiger charge is -2.14. The number of hydrogen-bond acceptors (Lipinski definition) is 4. The molecule has 112 valence electrons. The molecule has 0 spiro atoms. The third-order valence-electron chi connectivity index (χ3n) is 2.22. The fraction of sp³-hybridized carbons (Fsp3) is 0.800. The maximum absolute atomic E-state index is 11.4. The standard InChI is InChI=1S/C10H21N3O5S/c1-3-4-5-8(9(14)15)13-10(16)11-6-7-12-19(2,17)18/h8,12H,3-7H2,1-2H3,(H,14,15)(H2,11,13,16)/t8-/m0/s1. The number of carbonyl (C=O) groups is 2. The minimum absolute atomic E-state index is 0.0545. The van der Waals surface area contributed by atoms with E-state index in [1.165, 1.54) is 0 Å². The molecule has 0 rings (SSSR count). The molecule has 0 bridgehead atoms. The van der Waals surface area contributed by atoms with Gasteiger partial charge in [0.2, 0.25) is 10.0 Å². The Balaban J connectivity index is 3.96. The Morgan fingerprint density at radius 3 is 2.37 bits per heavy atom. The highest BCUT2D eigenvalue weighted by molar-refractivity contribution is 7.88. The number of amides is 2. The molecule has 0 heterocycles. The van der Waals surface area contributed by atoms with Crippen molar-refractivity contribution in [2.75, 3.05) is 19.3 Å². The first-order valence-corrected chi connectivity index (χ1v) is 7.87. The lowest BCUT2D eigenvalue weighted by Crippen LogP contribution is -2.47. The molecule has 0 saturated carbocycles. The van der Waals surface area contributed by atoms with Crippen LogP contribution < -0.4 is 15.4 Å². The van der Waals surface area contributed by atoms with Crippen LogP contribution in [-0.4, -0.2) is 50.9 Å². The van der Waals surface area contributed by atoms with Crippen LogP contribution in [0.2, 0.25) is 0 Å². The third-order valence-corrected chi connectivity index (χ3v) is 2.95. The molecule has 0 aromatic carbocycles. The van der Waals surface area contributed by atoms with Gasteiger partial charge in [-0.3, -0.25) is 0 Å². The molecule has 0 aliphatic rings. The van der Waals surface area contributed by atoms with Gasteiger partial charge in [0.05, 0.1) is 6.26 Å². The molecule has 0 unspecified atom stereocenters. The summed E-state index contributed by atoms with van der Waals surface area (Å²) in [6.07, 6.45) is 2.91. The topological polar surface area (TPSA) is 125 Å². The first-order valence-electron chi connectivity index (χ1n) is 5.98. The van der Waals surface area contributed by atoms with Crippen molar-refractivity contribution in [3.63, 3.8) is 0 Å². The van der Waals surface area contributed by atoms with Crippen LogP contribution in [0.1, 0.15) is 26.2 Å². The summed E-state index contributed by atoms with van der Waals surface area (Å²) < 4.78 is 23.7. The molecule has 0 fully saturated rings. The highest BCUT2D eigenvalue weighted by Gasteiger charge is 2.18. The van der Waals surface area contributed by atoms with Gasteiger partial charge in [-0.15, -0.1) is 0 Å². The largest absolute Gasteiger partial charge is 0.480 e. The van der Waals surface area contributed by atoms with Crippen molar-refractivity contribution in [3.05, 3.63) is 0 Å². The van der Waals surface area contributed by atoms with Crippen LogP contribution in [0.3, 0.4) is 0 Å². The zero-order chi connectivity index (χ0) is 14.9. The summed E-state index contributed by atoms with van der Waals surface area (Å²) in [6, 6.07) is -1.55. The second-order valence-corrected chi connectivity index (χ2v) is 5.93. The summed E-state index contributed by atoms with van der Waals surface area (Å²) in [6.45, 7) is 2.06. The van der Waals surface area contributed by atoms with Crippen molar-refractivity contribution in [1.29, 1.82) is 0 Å². The number of sulfonamides is 1. The van der Waals surface area contributed by atoms with Crippen molar-refractivity contribution in [2.24, 2.45) is 0 Å². The summed E-state index contributed by atoms with van der Waals surface area (Å²) in [5, 5.41) is 13.6. The lowest BCUT2D eigenvalue weighted by atomic mass is 10.1. The predicted octanol–water partition coefficient (Wildman–Crippen LogP) is -0.522. The molecular weight excluding hydrogens is 274 g/mol. The van der Waals surface area contributed by atoms with Crippen LogP contribution in [-0.2, 0) is 14.8 Å². The summed E-state index contributed by atoms with van der Waals surface area (Å²) in [5.74, 6) is -1.09. The van der Waals surface area contributed by atoms with E-state index in [2.05, 4.69) is 15.4 Å². The number of hydrogen-bond donors (Lipinski definition) is 4. The fourth-order valence-corrected chi connectivity index (χ4v) is 1.76. The smallest absolute Gasteiger partial charge is 0.326 e. The normalized spacial score (nSPS) is 12.7. The molecule has 0 aromatic heterocycles. The van der Waals surface area contributed by atoms with E-state index in [1.54, 1.807) is 0 Å². The molecule has 8 nitrogen and oxygen atoms in total. The molecule has 0 saturated heterocycles. The number of nitrogens with one attached hydrogen (secondary N) is 3. The number of aliphatic carboxylic acids is 1. The van der Waals surface area contributed by atoms with Crippen LogP contribution in [0, 0.1) is 0 Å². The number of rotatable bonds is 9. The van der Waals surface area contributed by atoms with Gasteiger partial charge in [0.25, 0.3) is 0 Å². The van der Waals surface area contributed by atoms with Crippen LogP contribution in [0.25, 0.3) is 0 Å². The second kappa shape index (κ2) is 8.70. The summed E-state index contributed by atoms with van der Waals surface area (Å²) >= 11 is 0. The highest BCUT2D eigenvalue weighted by atomic mass is 32.2. The van der Waals surface area contributed by atoms with Gasteiger partial charge in [0.15, 0.2) is 0 Å². The van der Waals surface area contributed by atoms with Gasteiger partial charge >= 0.3 is 12.0 Å². The zero-order valence-electron chi connectivity index (χ0n) is 11.1. The summed E-state index contributed by atoms with van der Waals surface area (Å²) in [5.41, 5.74) is 0. The monoisotopic (exact) mass is 295 g/mol. The molecule has 19 heavy (non-hydrogen) atoms.